The Morgan fingerprint density at radius 2 is 1.65 bits per heavy atom. The van der Waals surface area contributed by atoms with E-state index < -0.39 is 6.04 Å². The zero-order chi connectivity index (χ0) is 26.0. The molecule has 1 unspecified atom stereocenters. The highest BCUT2D eigenvalue weighted by atomic mass is 16.5. The molecule has 7 nitrogen and oxygen atoms in total. The average molecular weight is 499 g/mol. The highest BCUT2D eigenvalue weighted by Crippen LogP contribution is 2.25. The van der Waals surface area contributed by atoms with Crippen molar-refractivity contribution in [1.82, 2.24) is 5.32 Å². The lowest BCUT2D eigenvalue weighted by molar-refractivity contribution is -0.122. The average Bonchev–Trinajstić information content (AvgIpc) is 2.93. The van der Waals surface area contributed by atoms with Crippen LogP contribution in [0.5, 0.6) is 5.75 Å². The van der Waals surface area contributed by atoms with Gasteiger partial charge in [-0.1, -0.05) is 55.7 Å². The molecule has 0 heterocycles. The highest BCUT2D eigenvalue weighted by Gasteiger charge is 2.24. The van der Waals surface area contributed by atoms with Gasteiger partial charge < -0.3 is 26.4 Å². The molecule has 1 aliphatic carbocycles. The molecule has 2 amide bonds. The summed E-state index contributed by atoms with van der Waals surface area (Å²) < 4.78 is 5.25. The molecule has 1 aliphatic rings. The van der Waals surface area contributed by atoms with E-state index in [-0.39, 0.29) is 17.9 Å². The number of nitrogens with one attached hydrogen (secondary N) is 3. The third kappa shape index (κ3) is 7.36. The number of methoxy groups -OCH3 is 1. The van der Waals surface area contributed by atoms with Crippen LogP contribution in [0, 0.1) is 0 Å². The van der Waals surface area contributed by atoms with Crippen LogP contribution in [0.25, 0.3) is 6.08 Å². The van der Waals surface area contributed by atoms with E-state index in [1.54, 1.807) is 25.3 Å². The molecule has 0 spiro atoms. The van der Waals surface area contributed by atoms with Crippen LogP contribution in [0.1, 0.15) is 49.3 Å². The zero-order valence-electron chi connectivity index (χ0n) is 21.1. The van der Waals surface area contributed by atoms with Crippen LogP contribution in [0.3, 0.4) is 0 Å². The summed E-state index contributed by atoms with van der Waals surface area (Å²) in [6, 6.07) is 21.9. The largest absolute Gasteiger partial charge is 0.497 e. The Kier molecular flexibility index (Phi) is 8.81. The first-order valence-electron chi connectivity index (χ1n) is 12.7. The van der Waals surface area contributed by atoms with Gasteiger partial charge >= 0.3 is 0 Å². The summed E-state index contributed by atoms with van der Waals surface area (Å²) in [7, 11) is 1.62. The number of carbonyl (C=O) groups excluding carboxylic acids is 2. The van der Waals surface area contributed by atoms with Crippen LogP contribution >= 0.6 is 0 Å². The van der Waals surface area contributed by atoms with Crippen LogP contribution in [0.15, 0.2) is 78.9 Å². The molecular weight excluding hydrogens is 464 g/mol. The fourth-order valence-corrected chi connectivity index (χ4v) is 4.44. The number of ether oxygens (including phenoxy) is 1. The Bertz CT molecular complexity index is 1220. The maximum Gasteiger partial charge on any atom is 0.248 e. The molecule has 1 saturated carbocycles. The molecule has 5 N–H and O–H groups in total. The predicted octanol–water partition coefficient (Wildman–Crippen LogP) is 5.53. The normalized spacial score (nSPS) is 14.6. The Labute approximate surface area is 218 Å². The molecule has 0 saturated heterocycles. The first-order chi connectivity index (χ1) is 18.0. The fraction of sp³-hybridized carbons (Fsp3) is 0.267. The number of rotatable bonds is 9. The summed E-state index contributed by atoms with van der Waals surface area (Å²) in [5, 5.41) is 9.39. The second-order valence-corrected chi connectivity index (χ2v) is 9.23. The minimum Gasteiger partial charge on any atom is -0.497 e. The second kappa shape index (κ2) is 12.6. The summed E-state index contributed by atoms with van der Waals surface area (Å²) in [5.74, 6) is 0.433. The number of carbonyl (C=O) groups is 2. The van der Waals surface area contributed by atoms with E-state index in [0.29, 0.717) is 11.4 Å². The second-order valence-electron chi connectivity index (χ2n) is 9.23. The standard InChI is InChI=1S/C30H34N4O3/c1-37-25-18-16-24(17-19-25)32-29(30(36)33-23-7-3-2-4-8-23)22-14-11-21(12-15-22)13-20-28(35)34-27-10-6-5-9-26(27)31/h5-6,9-20,23,29,32H,2-4,7-8,31H2,1H3,(H,33,36)(H,34,35)/b20-13+. The summed E-state index contributed by atoms with van der Waals surface area (Å²) in [4.78, 5) is 25.7. The number of nitrogen functional groups attached to an aromatic ring is 1. The minimum atomic E-state index is -0.558. The van der Waals surface area contributed by atoms with Gasteiger partial charge in [-0.3, -0.25) is 9.59 Å². The van der Waals surface area contributed by atoms with E-state index in [2.05, 4.69) is 16.0 Å². The topological polar surface area (TPSA) is 105 Å². The Morgan fingerprint density at radius 1 is 0.946 bits per heavy atom. The Balaban J connectivity index is 1.46. The van der Waals surface area contributed by atoms with Gasteiger partial charge in [0.05, 0.1) is 18.5 Å². The Hall–Kier alpha value is -4.26. The molecule has 0 aliphatic heterocycles. The van der Waals surface area contributed by atoms with Gasteiger partial charge in [-0.25, -0.2) is 0 Å². The number of para-hydroxylation sites is 2. The van der Waals surface area contributed by atoms with Gasteiger partial charge in [0.1, 0.15) is 11.8 Å². The molecule has 192 valence electrons. The molecule has 1 atom stereocenters. The van der Waals surface area contributed by atoms with Crippen molar-refractivity contribution in [2.45, 2.75) is 44.2 Å². The van der Waals surface area contributed by atoms with Gasteiger partial charge in [-0.15, -0.1) is 0 Å². The first kappa shape index (κ1) is 25.8. The molecule has 3 aromatic rings. The van der Waals surface area contributed by atoms with Gasteiger partial charge in [-0.2, -0.15) is 0 Å². The Morgan fingerprint density at radius 3 is 2.32 bits per heavy atom. The number of hydrogen-bond donors (Lipinski definition) is 4. The molecular formula is C30H34N4O3. The van der Waals surface area contributed by atoms with Crippen molar-refractivity contribution in [3.8, 4) is 5.75 Å². The van der Waals surface area contributed by atoms with E-state index in [4.69, 9.17) is 10.5 Å². The smallest absolute Gasteiger partial charge is 0.248 e. The van der Waals surface area contributed by atoms with Gasteiger partial charge in [0.2, 0.25) is 11.8 Å². The number of benzene rings is 3. The lowest BCUT2D eigenvalue weighted by atomic mass is 9.94. The van der Waals surface area contributed by atoms with Crippen molar-refractivity contribution in [3.63, 3.8) is 0 Å². The quantitative estimate of drug-likeness (QED) is 0.229. The van der Waals surface area contributed by atoms with E-state index in [1.165, 1.54) is 12.5 Å². The van der Waals surface area contributed by atoms with Gasteiger partial charge in [0, 0.05) is 17.8 Å². The van der Waals surface area contributed by atoms with Crippen molar-refractivity contribution in [1.29, 1.82) is 0 Å². The van der Waals surface area contributed by atoms with Crippen molar-refractivity contribution >= 4 is 35.0 Å². The lowest BCUT2D eigenvalue weighted by Crippen LogP contribution is -2.41. The third-order valence-electron chi connectivity index (χ3n) is 6.53. The van der Waals surface area contributed by atoms with Crippen molar-refractivity contribution in [2.24, 2.45) is 0 Å². The van der Waals surface area contributed by atoms with Gasteiger partial charge in [0.15, 0.2) is 0 Å². The predicted molar refractivity (Wildman–Crippen MR) is 149 cm³/mol. The van der Waals surface area contributed by atoms with E-state index >= 15 is 0 Å². The maximum absolute atomic E-state index is 13.4. The molecule has 4 rings (SSSR count). The fourth-order valence-electron chi connectivity index (χ4n) is 4.44. The summed E-state index contributed by atoms with van der Waals surface area (Å²) >= 11 is 0. The monoisotopic (exact) mass is 498 g/mol. The van der Waals surface area contributed by atoms with Crippen molar-refractivity contribution < 1.29 is 14.3 Å². The molecule has 0 radical (unpaired) electrons. The molecule has 7 heteroatoms. The minimum absolute atomic E-state index is 0.0502. The van der Waals surface area contributed by atoms with Crippen LogP contribution < -0.4 is 26.4 Å². The molecule has 1 fully saturated rings. The zero-order valence-corrected chi connectivity index (χ0v) is 21.1. The van der Waals surface area contributed by atoms with Crippen LogP contribution in [0.2, 0.25) is 0 Å². The van der Waals surface area contributed by atoms with Gasteiger partial charge in [-0.05, 0) is 66.4 Å². The van der Waals surface area contributed by atoms with Crippen molar-refractivity contribution in [2.75, 3.05) is 23.5 Å². The maximum atomic E-state index is 13.4. The molecule has 3 aromatic carbocycles. The van der Waals surface area contributed by atoms with E-state index in [0.717, 1.165) is 48.2 Å². The molecule has 0 aromatic heterocycles. The summed E-state index contributed by atoms with van der Waals surface area (Å²) in [5.41, 5.74) is 9.48. The third-order valence-corrected chi connectivity index (χ3v) is 6.53. The van der Waals surface area contributed by atoms with E-state index in [1.807, 2.05) is 60.7 Å². The number of anilines is 3. The first-order valence-corrected chi connectivity index (χ1v) is 12.7. The SMILES string of the molecule is COc1ccc(NC(C(=O)NC2CCCCC2)c2ccc(/C=C/C(=O)Nc3ccccc3N)cc2)cc1. The number of amides is 2. The highest BCUT2D eigenvalue weighted by molar-refractivity contribution is 6.03. The van der Waals surface area contributed by atoms with Crippen molar-refractivity contribution in [3.05, 3.63) is 90.0 Å². The van der Waals surface area contributed by atoms with Crippen LogP contribution in [-0.2, 0) is 9.59 Å². The lowest BCUT2D eigenvalue weighted by Gasteiger charge is -2.27. The summed E-state index contributed by atoms with van der Waals surface area (Å²) in [6.07, 6.45) is 8.74. The number of nitrogens with two attached hydrogens (primary N) is 1. The number of hydrogen-bond acceptors (Lipinski definition) is 5. The van der Waals surface area contributed by atoms with E-state index in [9.17, 15) is 9.59 Å². The van der Waals surface area contributed by atoms with Gasteiger partial charge in [0.25, 0.3) is 0 Å². The van der Waals surface area contributed by atoms with Crippen LogP contribution in [-0.4, -0.2) is 25.0 Å². The van der Waals surface area contributed by atoms with Crippen LogP contribution in [0.4, 0.5) is 17.1 Å². The summed E-state index contributed by atoms with van der Waals surface area (Å²) in [6.45, 7) is 0. The molecule has 37 heavy (non-hydrogen) atoms. The molecule has 0 bridgehead atoms.